The fraction of sp³-hybridized carbons (Fsp3) is 0.308. The number of amides is 1. The Balaban J connectivity index is 2.47. The Hall–Kier alpha value is -1.62. The van der Waals surface area contributed by atoms with Crippen molar-refractivity contribution >= 4 is 21.4 Å². The van der Waals surface area contributed by atoms with Gasteiger partial charge in [-0.05, 0) is 12.1 Å². The minimum absolute atomic E-state index is 0.0593. The van der Waals surface area contributed by atoms with Gasteiger partial charge in [-0.15, -0.1) is 6.58 Å². The predicted octanol–water partition coefficient (Wildman–Crippen LogP) is 1.63. The molecule has 1 aromatic carbocycles. The van der Waals surface area contributed by atoms with E-state index in [1.54, 1.807) is 24.3 Å². The van der Waals surface area contributed by atoms with E-state index in [9.17, 15) is 13.2 Å². The molecule has 5 heteroatoms. The van der Waals surface area contributed by atoms with Crippen molar-refractivity contribution in [2.24, 2.45) is 5.92 Å². The van der Waals surface area contributed by atoms with Crippen LogP contribution in [0.25, 0.3) is 0 Å². The van der Waals surface area contributed by atoms with Gasteiger partial charge < -0.3 is 4.90 Å². The highest BCUT2D eigenvalue weighted by molar-refractivity contribution is 7.90. The number of nitrogens with zero attached hydrogens (tertiary/aromatic N) is 1. The van der Waals surface area contributed by atoms with E-state index >= 15 is 0 Å². The molecule has 1 fully saturated rings. The molecule has 0 aromatic heterocycles. The maximum Gasteiger partial charge on any atom is 0.227 e. The normalized spacial score (nSPS) is 20.2. The number of benzene rings is 1. The molecule has 1 atom stereocenters. The Kier molecular flexibility index (Phi) is 3.26. The molecule has 18 heavy (non-hydrogen) atoms. The summed E-state index contributed by atoms with van der Waals surface area (Å²) >= 11 is 0. The van der Waals surface area contributed by atoms with Crippen molar-refractivity contribution < 1.29 is 13.2 Å². The van der Waals surface area contributed by atoms with Crippen LogP contribution in [0.2, 0.25) is 0 Å². The Morgan fingerprint density at radius 3 is 2.61 bits per heavy atom. The molecule has 0 radical (unpaired) electrons. The zero-order valence-electron chi connectivity index (χ0n) is 10.2. The molecule has 1 saturated heterocycles. The van der Waals surface area contributed by atoms with Gasteiger partial charge in [0, 0.05) is 25.1 Å². The predicted molar refractivity (Wildman–Crippen MR) is 70.2 cm³/mol. The Morgan fingerprint density at radius 1 is 1.39 bits per heavy atom. The number of anilines is 1. The lowest BCUT2D eigenvalue weighted by molar-refractivity contribution is -0.117. The van der Waals surface area contributed by atoms with Crippen LogP contribution in [0.15, 0.2) is 41.8 Å². The molecule has 1 heterocycles. The first-order chi connectivity index (χ1) is 8.43. The summed E-state index contributed by atoms with van der Waals surface area (Å²) in [7, 11) is -3.34. The summed E-state index contributed by atoms with van der Waals surface area (Å²) in [5.74, 6) is 0.0288. The Bertz CT molecular complexity index is 592. The maximum absolute atomic E-state index is 11.9. The number of hydrogen-bond donors (Lipinski definition) is 0. The van der Waals surface area contributed by atoms with E-state index in [2.05, 4.69) is 6.58 Å². The molecule has 0 aliphatic carbocycles. The quantitative estimate of drug-likeness (QED) is 0.780. The van der Waals surface area contributed by atoms with Gasteiger partial charge in [0.2, 0.25) is 5.91 Å². The zero-order valence-corrected chi connectivity index (χ0v) is 11.0. The maximum atomic E-state index is 11.9. The molecule has 1 amide bonds. The molecule has 1 aromatic rings. The topological polar surface area (TPSA) is 54.5 Å². The van der Waals surface area contributed by atoms with Gasteiger partial charge in [0.25, 0.3) is 0 Å². The minimum Gasteiger partial charge on any atom is -0.310 e. The second-order valence-corrected chi connectivity index (χ2v) is 6.43. The first kappa shape index (κ1) is 12.8. The van der Waals surface area contributed by atoms with Crippen LogP contribution in [0, 0.1) is 5.92 Å². The molecule has 0 saturated carbocycles. The van der Waals surface area contributed by atoms with Gasteiger partial charge in [0.05, 0.1) is 10.6 Å². The molecule has 1 aliphatic rings. The number of carbonyl (C=O) groups excluding carboxylic acids is 1. The van der Waals surface area contributed by atoms with Crippen molar-refractivity contribution in [2.45, 2.75) is 11.3 Å². The Labute approximate surface area is 107 Å². The fourth-order valence-electron chi connectivity index (χ4n) is 2.12. The summed E-state index contributed by atoms with van der Waals surface area (Å²) < 4.78 is 23.4. The van der Waals surface area contributed by atoms with Crippen LogP contribution in [0.5, 0.6) is 0 Å². The number of hydrogen-bond acceptors (Lipinski definition) is 3. The van der Waals surface area contributed by atoms with Crippen LogP contribution in [0.3, 0.4) is 0 Å². The highest BCUT2D eigenvalue weighted by Crippen LogP contribution is 2.30. The summed E-state index contributed by atoms with van der Waals surface area (Å²) in [6, 6.07) is 6.59. The van der Waals surface area contributed by atoms with E-state index in [0.29, 0.717) is 18.7 Å². The van der Waals surface area contributed by atoms with Gasteiger partial charge in [-0.1, -0.05) is 18.2 Å². The van der Waals surface area contributed by atoms with E-state index in [0.717, 1.165) is 6.26 Å². The lowest BCUT2D eigenvalue weighted by Crippen LogP contribution is -2.26. The van der Waals surface area contributed by atoms with Gasteiger partial charge in [0.15, 0.2) is 9.84 Å². The standard InChI is InChI=1S/C13H15NO3S/c1-3-10-8-13(15)14(9-10)11-6-4-5-7-12(11)18(2,16)17/h3-7,10H,1,8-9H2,2H3. The van der Waals surface area contributed by atoms with Crippen LogP contribution < -0.4 is 4.90 Å². The van der Waals surface area contributed by atoms with Crippen LogP contribution in [-0.4, -0.2) is 27.1 Å². The first-order valence-electron chi connectivity index (χ1n) is 5.65. The monoisotopic (exact) mass is 265 g/mol. The average Bonchev–Trinajstić information content (AvgIpc) is 2.69. The van der Waals surface area contributed by atoms with E-state index < -0.39 is 9.84 Å². The third-order valence-corrected chi connectivity index (χ3v) is 4.19. The van der Waals surface area contributed by atoms with Crippen molar-refractivity contribution in [1.82, 2.24) is 0 Å². The van der Waals surface area contributed by atoms with Crippen molar-refractivity contribution in [3.63, 3.8) is 0 Å². The summed E-state index contributed by atoms with van der Waals surface area (Å²) in [4.78, 5) is 13.6. The largest absolute Gasteiger partial charge is 0.310 e. The lowest BCUT2D eigenvalue weighted by atomic mass is 10.1. The first-order valence-corrected chi connectivity index (χ1v) is 7.54. The van der Waals surface area contributed by atoms with Crippen molar-refractivity contribution in [1.29, 1.82) is 0 Å². The second-order valence-electron chi connectivity index (χ2n) is 4.44. The number of rotatable bonds is 3. The molecule has 4 nitrogen and oxygen atoms in total. The highest BCUT2D eigenvalue weighted by Gasteiger charge is 2.31. The molecular weight excluding hydrogens is 250 g/mol. The van der Waals surface area contributed by atoms with Crippen LogP contribution in [0.4, 0.5) is 5.69 Å². The van der Waals surface area contributed by atoms with Crippen LogP contribution >= 0.6 is 0 Å². The van der Waals surface area contributed by atoms with Crippen molar-refractivity contribution in [2.75, 3.05) is 17.7 Å². The third kappa shape index (κ3) is 2.31. The van der Waals surface area contributed by atoms with Crippen LogP contribution in [0.1, 0.15) is 6.42 Å². The molecule has 1 aliphatic heterocycles. The van der Waals surface area contributed by atoms with Crippen molar-refractivity contribution in [3.8, 4) is 0 Å². The minimum atomic E-state index is -3.34. The summed E-state index contributed by atoms with van der Waals surface area (Å²) in [5, 5.41) is 0. The van der Waals surface area contributed by atoms with E-state index in [1.807, 2.05) is 0 Å². The molecule has 0 N–H and O–H groups in total. The van der Waals surface area contributed by atoms with E-state index in [1.165, 1.54) is 11.0 Å². The molecule has 2 rings (SSSR count). The molecule has 1 unspecified atom stereocenters. The van der Waals surface area contributed by atoms with Gasteiger partial charge in [-0.3, -0.25) is 4.79 Å². The molecule has 0 spiro atoms. The molecule has 0 bridgehead atoms. The average molecular weight is 265 g/mol. The summed E-state index contributed by atoms with van der Waals surface area (Å²) in [5.41, 5.74) is 0.467. The zero-order chi connectivity index (χ0) is 13.3. The summed E-state index contributed by atoms with van der Waals surface area (Å²) in [6.45, 7) is 4.17. The van der Waals surface area contributed by atoms with Crippen LogP contribution in [-0.2, 0) is 14.6 Å². The molecular formula is C13H15NO3S. The number of sulfone groups is 1. The van der Waals surface area contributed by atoms with Crippen molar-refractivity contribution in [3.05, 3.63) is 36.9 Å². The Morgan fingerprint density at radius 2 is 2.06 bits per heavy atom. The number of carbonyl (C=O) groups is 1. The third-order valence-electron chi connectivity index (χ3n) is 3.04. The SMILES string of the molecule is C=CC1CC(=O)N(c2ccccc2S(C)(=O)=O)C1. The van der Waals surface area contributed by atoms with Gasteiger partial charge in [0.1, 0.15) is 0 Å². The van der Waals surface area contributed by atoms with Gasteiger partial charge in [-0.25, -0.2) is 8.42 Å². The lowest BCUT2D eigenvalue weighted by Gasteiger charge is -2.19. The molecule has 96 valence electrons. The van der Waals surface area contributed by atoms with E-state index in [-0.39, 0.29) is 16.7 Å². The highest BCUT2D eigenvalue weighted by atomic mass is 32.2. The van der Waals surface area contributed by atoms with Gasteiger partial charge >= 0.3 is 0 Å². The smallest absolute Gasteiger partial charge is 0.227 e. The van der Waals surface area contributed by atoms with Gasteiger partial charge in [-0.2, -0.15) is 0 Å². The fourth-order valence-corrected chi connectivity index (χ4v) is 3.00. The second kappa shape index (κ2) is 4.57. The van der Waals surface area contributed by atoms with E-state index in [4.69, 9.17) is 0 Å². The number of para-hydroxylation sites is 1. The summed E-state index contributed by atoms with van der Waals surface area (Å²) in [6.07, 6.45) is 3.28.